The molecule has 3 heterocycles. The van der Waals surface area contributed by atoms with Crippen LogP contribution in [0.15, 0.2) is 16.7 Å². The molecule has 0 radical (unpaired) electrons. The largest absolute Gasteiger partial charge is 0.459 e. The number of hydrogen-bond acceptors (Lipinski definition) is 4. The van der Waals surface area contributed by atoms with E-state index in [0.29, 0.717) is 0 Å². The average Bonchev–Trinajstić information content (AvgIpc) is 2.86. The molecule has 0 spiro atoms. The molecule has 0 amide bonds. The van der Waals surface area contributed by atoms with Gasteiger partial charge in [0.15, 0.2) is 11.4 Å². The van der Waals surface area contributed by atoms with Crippen molar-refractivity contribution >= 4 is 28.5 Å². The van der Waals surface area contributed by atoms with Crippen molar-refractivity contribution in [1.29, 1.82) is 0 Å². The summed E-state index contributed by atoms with van der Waals surface area (Å²) >= 11 is 5.87. The van der Waals surface area contributed by atoms with Gasteiger partial charge in [-0.2, -0.15) is 4.98 Å². The van der Waals surface area contributed by atoms with E-state index in [0.717, 1.165) is 30.0 Å². The Kier molecular flexibility index (Phi) is 2.02. The van der Waals surface area contributed by atoms with Gasteiger partial charge in [-0.1, -0.05) is 0 Å². The standard InChI is InChI=1S/C10H10ClN3O/c11-10-12-7-3-6-15-8(7)9(13-10)14-4-1-2-5-14/h3,6H,1-2,4-5H2. The normalized spacial score (nSPS) is 16.5. The SMILES string of the molecule is Clc1nc(N2CCCC2)c2occc2n1. The van der Waals surface area contributed by atoms with Crippen LogP contribution in [0.5, 0.6) is 0 Å². The van der Waals surface area contributed by atoms with Crippen molar-refractivity contribution in [1.82, 2.24) is 9.97 Å². The summed E-state index contributed by atoms with van der Waals surface area (Å²) in [6.07, 6.45) is 4.02. The van der Waals surface area contributed by atoms with Crippen LogP contribution < -0.4 is 4.90 Å². The maximum absolute atomic E-state index is 5.87. The predicted molar refractivity (Wildman–Crippen MR) is 58.3 cm³/mol. The number of anilines is 1. The van der Waals surface area contributed by atoms with Crippen LogP contribution in [0.2, 0.25) is 5.28 Å². The number of furan rings is 1. The van der Waals surface area contributed by atoms with Gasteiger partial charge in [0.25, 0.3) is 0 Å². The van der Waals surface area contributed by atoms with Crippen LogP contribution in [-0.2, 0) is 0 Å². The zero-order valence-electron chi connectivity index (χ0n) is 8.11. The Labute approximate surface area is 91.9 Å². The molecule has 4 nitrogen and oxygen atoms in total. The molecule has 0 aliphatic carbocycles. The van der Waals surface area contributed by atoms with E-state index in [1.165, 1.54) is 12.8 Å². The van der Waals surface area contributed by atoms with Crippen molar-refractivity contribution < 1.29 is 4.42 Å². The van der Waals surface area contributed by atoms with Gasteiger partial charge in [-0.3, -0.25) is 0 Å². The van der Waals surface area contributed by atoms with Crippen LogP contribution in [0.1, 0.15) is 12.8 Å². The first-order valence-corrected chi connectivity index (χ1v) is 5.38. The van der Waals surface area contributed by atoms with E-state index in [1.54, 1.807) is 6.26 Å². The number of aromatic nitrogens is 2. The van der Waals surface area contributed by atoms with E-state index in [1.807, 2.05) is 6.07 Å². The molecular formula is C10H10ClN3O. The van der Waals surface area contributed by atoms with Gasteiger partial charge in [-0.05, 0) is 24.4 Å². The second-order valence-corrected chi connectivity index (χ2v) is 3.98. The summed E-state index contributed by atoms with van der Waals surface area (Å²) in [6, 6.07) is 1.81. The Hall–Kier alpha value is -1.29. The third-order valence-electron chi connectivity index (χ3n) is 2.66. The lowest BCUT2D eigenvalue weighted by Gasteiger charge is -2.15. The Morgan fingerprint density at radius 3 is 2.87 bits per heavy atom. The van der Waals surface area contributed by atoms with Crippen molar-refractivity contribution in [3.8, 4) is 0 Å². The second kappa shape index (κ2) is 3.38. The minimum absolute atomic E-state index is 0.283. The van der Waals surface area contributed by atoms with Crippen LogP contribution >= 0.6 is 11.6 Å². The van der Waals surface area contributed by atoms with Crippen LogP contribution in [0, 0.1) is 0 Å². The maximum Gasteiger partial charge on any atom is 0.225 e. The van der Waals surface area contributed by atoms with Gasteiger partial charge in [0, 0.05) is 19.2 Å². The van der Waals surface area contributed by atoms with Crippen molar-refractivity contribution in [3.63, 3.8) is 0 Å². The zero-order valence-corrected chi connectivity index (χ0v) is 8.87. The minimum atomic E-state index is 0.283. The topological polar surface area (TPSA) is 42.2 Å². The van der Waals surface area contributed by atoms with Crippen molar-refractivity contribution in [2.45, 2.75) is 12.8 Å². The summed E-state index contributed by atoms with van der Waals surface area (Å²) in [5.74, 6) is 0.826. The van der Waals surface area contributed by atoms with Crippen LogP contribution in [0.3, 0.4) is 0 Å². The van der Waals surface area contributed by atoms with E-state index in [-0.39, 0.29) is 5.28 Å². The molecule has 2 aromatic rings. The minimum Gasteiger partial charge on any atom is -0.459 e. The number of nitrogens with zero attached hydrogens (tertiary/aromatic N) is 3. The number of rotatable bonds is 1. The molecule has 1 aliphatic rings. The van der Waals surface area contributed by atoms with Gasteiger partial charge < -0.3 is 9.32 Å². The fourth-order valence-corrected chi connectivity index (χ4v) is 2.13. The lowest BCUT2D eigenvalue weighted by atomic mass is 10.4. The molecule has 0 saturated carbocycles. The third kappa shape index (κ3) is 1.45. The molecule has 78 valence electrons. The van der Waals surface area contributed by atoms with Gasteiger partial charge in [0.1, 0.15) is 5.52 Å². The smallest absolute Gasteiger partial charge is 0.225 e. The Morgan fingerprint density at radius 2 is 2.07 bits per heavy atom. The lowest BCUT2D eigenvalue weighted by Crippen LogP contribution is -2.19. The Morgan fingerprint density at radius 1 is 1.27 bits per heavy atom. The van der Waals surface area contributed by atoms with Gasteiger partial charge in [0.2, 0.25) is 5.28 Å². The molecule has 0 unspecified atom stereocenters. The second-order valence-electron chi connectivity index (χ2n) is 3.65. The quantitative estimate of drug-likeness (QED) is 0.697. The molecule has 2 aromatic heterocycles. The summed E-state index contributed by atoms with van der Waals surface area (Å²) in [6.45, 7) is 2.03. The summed E-state index contributed by atoms with van der Waals surface area (Å²) in [4.78, 5) is 10.5. The van der Waals surface area contributed by atoms with Gasteiger partial charge >= 0.3 is 0 Å². The van der Waals surface area contributed by atoms with Crippen LogP contribution in [0.25, 0.3) is 11.1 Å². The molecule has 5 heteroatoms. The average molecular weight is 224 g/mol. The molecule has 1 aliphatic heterocycles. The molecule has 0 aromatic carbocycles. The highest BCUT2D eigenvalue weighted by Crippen LogP contribution is 2.28. The number of halogens is 1. The summed E-state index contributed by atoms with van der Waals surface area (Å²) in [5, 5.41) is 0.283. The lowest BCUT2D eigenvalue weighted by molar-refractivity contribution is 0.612. The van der Waals surface area contributed by atoms with Crippen molar-refractivity contribution in [2.75, 3.05) is 18.0 Å². The molecule has 0 atom stereocenters. The van der Waals surface area contributed by atoms with Crippen LogP contribution in [-0.4, -0.2) is 23.1 Å². The highest BCUT2D eigenvalue weighted by Gasteiger charge is 2.19. The van der Waals surface area contributed by atoms with Gasteiger partial charge in [0.05, 0.1) is 6.26 Å². The first-order valence-electron chi connectivity index (χ1n) is 5.00. The van der Waals surface area contributed by atoms with E-state index < -0.39 is 0 Å². The summed E-state index contributed by atoms with van der Waals surface area (Å²) in [5.41, 5.74) is 1.51. The Balaban J connectivity index is 2.18. The first-order chi connectivity index (χ1) is 7.34. The van der Waals surface area contributed by atoms with E-state index in [9.17, 15) is 0 Å². The first kappa shape index (κ1) is 8.97. The van der Waals surface area contributed by atoms with E-state index >= 15 is 0 Å². The third-order valence-corrected chi connectivity index (χ3v) is 2.83. The molecular weight excluding hydrogens is 214 g/mol. The fourth-order valence-electron chi connectivity index (χ4n) is 1.96. The highest BCUT2D eigenvalue weighted by atomic mass is 35.5. The monoisotopic (exact) mass is 223 g/mol. The predicted octanol–water partition coefficient (Wildman–Crippen LogP) is 2.48. The van der Waals surface area contributed by atoms with Crippen molar-refractivity contribution in [2.24, 2.45) is 0 Å². The molecule has 0 N–H and O–H groups in total. The zero-order chi connectivity index (χ0) is 10.3. The Bertz CT molecular complexity index is 490. The van der Waals surface area contributed by atoms with Crippen LogP contribution in [0.4, 0.5) is 5.82 Å². The van der Waals surface area contributed by atoms with Gasteiger partial charge in [-0.15, -0.1) is 0 Å². The fraction of sp³-hybridized carbons (Fsp3) is 0.400. The van der Waals surface area contributed by atoms with Gasteiger partial charge in [-0.25, -0.2) is 4.98 Å². The summed E-state index contributed by atoms with van der Waals surface area (Å²) in [7, 11) is 0. The van der Waals surface area contributed by atoms with E-state index in [4.69, 9.17) is 16.0 Å². The van der Waals surface area contributed by atoms with E-state index in [2.05, 4.69) is 14.9 Å². The molecule has 1 fully saturated rings. The maximum atomic E-state index is 5.87. The molecule has 15 heavy (non-hydrogen) atoms. The highest BCUT2D eigenvalue weighted by molar-refractivity contribution is 6.28. The molecule has 0 bridgehead atoms. The molecule has 1 saturated heterocycles. The number of fused-ring (bicyclic) bond motifs is 1. The molecule has 3 rings (SSSR count). The summed E-state index contributed by atoms with van der Waals surface area (Å²) < 4.78 is 5.39. The van der Waals surface area contributed by atoms with Crippen molar-refractivity contribution in [3.05, 3.63) is 17.6 Å². The number of hydrogen-bond donors (Lipinski definition) is 0.